The molecule has 28 heavy (non-hydrogen) atoms. The third-order valence-corrected chi connectivity index (χ3v) is 5.93. The molecule has 0 saturated heterocycles. The molecule has 4 aromatic rings. The molecule has 142 valence electrons. The molecule has 0 saturated carbocycles. The lowest BCUT2D eigenvalue weighted by Crippen LogP contribution is -1.97. The molecular formula is C22H21N3O2S. The summed E-state index contributed by atoms with van der Waals surface area (Å²) in [7, 11) is -3.19. The highest BCUT2D eigenvalue weighted by Crippen LogP contribution is 2.29. The monoisotopic (exact) mass is 391 g/mol. The van der Waals surface area contributed by atoms with Crippen LogP contribution in [0.15, 0.2) is 76.7 Å². The lowest BCUT2D eigenvalue weighted by atomic mass is 10.1. The summed E-state index contributed by atoms with van der Waals surface area (Å²) in [6.07, 6.45) is 2.96. The summed E-state index contributed by atoms with van der Waals surface area (Å²) in [6.45, 7) is 3.07. The van der Waals surface area contributed by atoms with E-state index in [0.717, 1.165) is 17.8 Å². The van der Waals surface area contributed by atoms with Crippen molar-refractivity contribution in [1.82, 2.24) is 4.57 Å². The van der Waals surface area contributed by atoms with Gasteiger partial charge in [0.25, 0.3) is 0 Å². The Hall–Kier alpha value is -3.12. The zero-order chi connectivity index (χ0) is 19.7. The van der Waals surface area contributed by atoms with E-state index in [4.69, 9.17) is 0 Å². The molecule has 3 aromatic carbocycles. The Bertz CT molecular complexity index is 1290. The van der Waals surface area contributed by atoms with Crippen molar-refractivity contribution in [2.24, 2.45) is 5.10 Å². The fourth-order valence-electron chi connectivity index (χ4n) is 3.45. The Morgan fingerprint density at radius 1 is 0.964 bits per heavy atom. The van der Waals surface area contributed by atoms with Crippen LogP contribution in [0.25, 0.3) is 21.8 Å². The largest absolute Gasteiger partial charge is 0.341 e. The molecular weight excluding hydrogens is 370 g/mol. The molecule has 4 rings (SSSR count). The first-order chi connectivity index (χ1) is 13.5. The average Bonchev–Trinajstić information content (AvgIpc) is 3.01. The minimum absolute atomic E-state index is 0.291. The van der Waals surface area contributed by atoms with Gasteiger partial charge in [-0.25, -0.2) is 8.42 Å². The van der Waals surface area contributed by atoms with Gasteiger partial charge >= 0.3 is 0 Å². The van der Waals surface area contributed by atoms with Crippen molar-refractivity contribution in [3.8, 4) is 0 Å². The van der Waals surface area contributed by atoms with E-state index in [-0.39, 0.29) is 0 Å². The van der Waals surface area contributed by atoms with Gasteiger partial charge in [-0.2, -0.15) is 5.10 Å². The number of fused-ring (bicyclic) bond motifs is 3. The summed E-state index contributed by atoms with van der Waals surface area (Å²) in [5.74, 6) is 0. The molecule has 6 heteroatoms. The molecule has 1 N–H and O–H groups in total. The van der Waals surface area contributed by atoms with Crippen molar-refractivity contribution in [3.63, 3.8) is 0 Å². The maximum Gasteiger partial charge on any atom is 0.175 e. The summed E-state index contributed by atoms with van der Waals surface area (Å²) < 4.78 is 25.3. The summed E-state index contributed by atoms with van der Waals surface area (Å²) in [5, 5.41) is 6.73. The van der Waals surface area contributed by atoms with Crippen LogP contribution in [-0.2, 0) is 16.4 Å². The molecule has 0 aliphatic rings. The van der Waals surface area contributed by atoms with Crippen LogP contribution in [0.4, 0.5) is 5.69 Å². The van der Waals surface area contributed by atoms with Gasteiger partial charge in [-0.1, -0.05) is 24.3 Å². The smallest absolute Gasteiger partial charge is 0.175 e. The molecule has 0 spiro atoms. The predicted octanol–water partition coefficient (Wildman–Crippen LogP) is 4.66. The molecule has 0 bridgehead atoms. The first-order valence-corrected chi connectivity index (χ1v) is 11.0. The lowest BCUT2D eigenvalue weighted by molar-refractivity contribution is 0.602. The Morgan fingerprint density at radius 3 is 2.39 bits per heavy atom. The Morgan fingerprint density at radius 2 is 1.68 bits per heavy atom. The molecule has 0 aliphatic heterocycles. The minimum atomic E-state index is -3.19. The van der Waals surface area contributed by atoms with Crippen molar-refractivity contribution < 1.29 is 8.42 Å². The Labute approximate surface area is 164 Å². The van der Waals surface area contributed by atoms with E-state index < -0.39 is 9.84 Å². The van der Waals surface area contributed by atoms with Crippen LogP contribution in [0.5, 0.6) is 0 Å². The van der Waals surface area contributed by atoms with E-state index in [1.807, 2.05) is 6.07 Å². The van der Waals surface area contributed by atoms with E-state index in [2.05, 4.69) is 58.4 Å². The number of hydrazone groups is 1. The molecule has 0 radical (unpaired) electrons. The standard InChI is InChI=1S/C22H21N3O2S/c1-3-25-21-7-5-4-6-19(21)20-14-16(8-13-22(20)25)15-23-24-17-9-11-18(12-10-17)28(2,26)27/h4-15,24H,3H2,1-2H3/b23-15+. The average molecular weight is 391 g/mol. The molecule has 0 amide bonds. The number of anilines is 1. The van der Waals surface area contributed by atoms with Gasteiger partial charge in [0.05, 0.1) is 16.8 Å². The van der Waals surface area contributed by atoms with Crippen LogP contribution in [0.2, 0.25) is 0 Å². The second kappa shape index (κ2) is 7.13. The molecule has 0 unspecified atom stereocenters. The molecule has 0 fully saturated rings. The highest BCUT2D eigenvalue weighted by molar-refractivity contribution is 7.90. The Kier molecular flexibility index (Phi) is 4.65. The summed E-state index contributed by atoms with van der Waals surface area (Å²) in [6, 6.07) is 21.3. The topological polar surface area (TPSA) is 63.5 Å². The number of para-hydroxylation sites is 1. The Balaban J connectivity index is 1.60. The van der Waals surface area contributed by atoms with Crippen LogP contribution in [0.3, 0.4) is 0 Å². The zero-order valence-corrected chi connectivity index (χ0v) is 16.6. The van der Waals surface area contributed by atoms with Crippen molar-refractivity contribution >= 4 is 43.5 Å². The number of benzene rings is 3. The highest BCUT2D eigenvalue weighted by atomic mass is 32.2. The number of nitrogens with one attached hydrogen (secondary N) is 1. The van der Waals surface area contributed by atoms with Gasteiger partial charge in [0.2, 0.25) is 0 Å². The number of aromatic nitrogens is 1. The third kappa shape index (κ3) is 3.39. The zero-order valence-electron chi connectivity index (χ0n) is 15.8. The minimum Gasteiger partial charge on any atom is -0.341 e. The van der Waals surface area contributed by atoms with E-state index in [0.29, 0.717) is 4.90 Å². The summed E-state index contributed by atoms with van der Waals surface area (Å²) in [4.78, 5) is 0.291. The van der Waals surface area contributed by atoms with Crippen LogP contribution in [0, 0.1) is 0 Å². The number of hydrogen-bond acceptors (Lipinski definition) is 4. The molecule has 0 aliphatic carbocycles. The fraction of sp³-hybridized carbons (Fsp3) is 0.136. The second-order valence-electron chi connectivity index (χ2n) is 6.70. The van der Waals surface area contributed by atoms with Gasteiger partial charge in [0.1, 0.15) is 0 Å². The molecule has 5 nitrogen and oxygen atoms in total. The van der Waals surface area contributed by atoms with Gasteiger partial charge < -0.3 is 4.57 Å². The van der Waals surface area contributed by atoms with Crippen molar-refractivity contribution in [3.05, 3.63) is 72.3 Å². The van der Waals surface area contributed by atoms with Gasteiger partial charge in [-0.3, -0.25) is 5.43 Å². The number of hydrogen-bond donors (Lipinski definition) is 1. The third-order valence-electron chi connectivity index (χ3n) is 4.80. The number of rotatable bonds is 5. The van der Waals surface area contributed by atoms with Gasteiger partial charge in [-0.05, 0) is 55.0 Å². The molecule has 1 aromatic heterocycles. The van der Waals surface area contributed by atoms with Gasteiger partial charge in [-0.15, -0.1) is 0 Å². The van der Waals surface area contributed by atoms with E-state index in [1.165, 1.54) is 28.1 Å². The lowest BCUT2D eigenvalue weighted by Gasteiger charge is -2.03. The fourth-order valence-corrected chi connectivity index (χ4v) is 4.08. The van der Waals surface area contributed by atoms with E-state index in [9.17, 15) is 8.42 Å². The molecule has 1 heterocycles. The maximum absolute atomic E-state index is 11.5. The van der Waals surface area contributed by atoms with E-state index >= 15 is 0 Å². The first-order valence-electron chi connectivity index (χ1n) is 9.07. The van der Waals surface area contributed by atoms with Crippen molar-refractivity contribution in [2.45, 2.75) is 18.4 Å². The number of sulfone groups is 1. The van der Waals surface area contributed by atoms with Gasteiger partial charge in [0, 0.05) is 34.6 Å². The van der Waals surface area contributed by atoms with Crippen LogP contribution in [0.1, 0.15) is 12.5 Å². The maximum atomic E-state index is 11.5. The summed E-state index contributed by atoms with van der Waals surface area (Å²) >= 11 is 0. The molecule has 0 atom stereocenters. The predicted molar refractivity (Wildman–Crippen MR) is 116 cm³/mol. The van der Waals surface area contributed by atoms with Crippen LogP contribution < -0.4 is 5.43 Å². The van der Waals surface area contributed by atoms with Crippen molar-refractivity contribution in [1.29, 1.82) is 0 Å². The number of aryl methyl sites for hydroxylation is 1. The normalized spacial score (nSPS) is 12.2. The van der Waals surface area contributed by atoms with E-state index in [1.54, 1.807) is 30.5 Å². The first kappa shape index (κ1) is 18.3. The van der Waals surface area contributed by atoms with Crippen LogP contribution >= 0.6 is 0 Å². The quantitative estimate of drug-likeness (QED) is 0.397. The van der Waals surface area contributed by atoms with Crippen LogP contribution in [-0.4, -0.2) is 25.5 Å². The summed E-state index contributed by atoms with van der Waals surface area (Å²) in [5.41, 5.74) is 7.11. The van der Waals surface area contributed by atoms with Crippen molar-refractivity contribution in [2.75, 3.05) is 11.7 Å². The highest BCUT2D eigenvalue weighted by Gasteiger charge is 2.09. The SMILES string of the molecule is CCn1c2ccccc2c2cc(/C=N/Nc3ccc(S(C)(=O)=O)cc3)ccc21. The van der Waals surface area contributed by atoms with Gasteiger partial charge in [0.15, 0.2) is 9.84 Å². The number of nitrogens with zero attached hydrogens (tertiary/aromatic N) is 2. The second-order valence-corrected chi connectivity index (χ2v) is 8.72.